The molecule has 0 aromatic carbocycles. The molecule has 1 aliphatic heterocycles. The van der Waals surface area contributed by atoms with Gasteiger partial charge in [0.2, 0.25) is 0 Å². The first-order valence-corrected chi connectivity index (χ1v) is 8.70. The second-order valence-corrected chi connectivity index (χ2v) is 7.54. The van der Waals surface area contributed by atoms with Gasteiger partial charge in [-0.15, -0.1) is 0 Å². The van der Waals surface area contributed by atoms with E-state index in [0.717, 1.165) is 31.6 Å². The number of esters is 1. The van der Waals surface area contributed by atoms with Crippen LogP contribution in [0.3, 0.4) is 0 Å². The molecule has 2 rings (SSSR count). The molecule has 0 spiro atoms. The van der Waals surface area contributed by atoms with E-state index >= 15 is 0 Å². The smallest absolute Gasteiger partial charge is 0.326 e. The maximum absolute atomic E-state index is 12.2. The van der Waals surface area contributed by atoms with Gasteiger partial charge in [-0.2, -0.15) is 11.8 Å². The van der Waals surface area contributed by atoms with E-state index in [1.807, 2.05) is 11.8 Å². The molecule has 5 heteroatoms. The van der Waals surface area contributed by atoms with Crippen molar-refractivity contribution in [2.45, 2.75) is 68.9 Å². The van der Waals surface area contributed by atoms with E-state index in [4.69, 9.17) is 9.47 Å². The highest BCUT2D eigenvalue weighted by Crippen LogP contribution is 2.39. The van der Waals surface area contributed by atoms with Crippen molar-refractivity contribution >= 4 is 17.7 Å². The lowest BCUT2D eigenvalue weighted by Crippen LogP contribution is -2.53. The number of hydrogen-bond donors (Lipinski definition) is 1. The lowest BCUT2D eigenvalue weighted by atomic mass is 9.96. The van der Waals surface area contributed by atoms with Crippen LogP contribution in [0, 0.1) is 0 Å². The molecule has 116 valence electrons. The van der Waals surface area contributed by atoms with Gasteiger partial charge in [-0.25, -0.2) is 0 Å². The number of carbonyl (C=O) groups excluding carboxylic acids is 1. The molecular formula is C15H27NO3S. The van der Waals surface area contributed by atoms with Crippen molar-refractivity contribution < 1.29 is 14.3 Å². The van der Waals surface area contributed by atoms with Crippen LogP contribution in [0.5, 0.6) is 0 Å². The van der Waals surface area contributed by atoms with Crippen molar-refractivity contribution in [2.75, 3.05) is 19.5 Å². The summed E-state index contributed by atoms with van der Waals surface area (Å²) in [5, 5.41) is 3.98. The standard InChI is InChI=1S/C15H27NO3S/c1-11(2)16-15(14(17)18-3)7-6-13(9-15)20-10-12-5-4-8-19-12/h11-13,16H,4-10H2,1-3H3. The molecule has 4 nitrogen and oxygen atoms in total. The molecule has 2 fully saturated rings. The number of rotatable bonds is 6. The summed E-state index contributed by atoms with van der Waals surface area (Å²) in [5.41, 5.74) is -0.475. The fourth-order valence-electron chi connectivity index (χ4n) is 3.28. The molecule has 20 heavy (non-hydrogen) atoms. The van der Waals surface area contributed by atoms with Gasteiger partial charge in [0.05, 0.1) is 13.2 Å². The molecule has 3 unspecified atom stereocenters. The molecule has 1 N–H and O–H groups in total. The lowest BCUT2D eigenvalue weighted by molar-refractivity contribution is -0.148. The highest BCUT2D eigenvalue weighted by atomic mass is 32.2. The van der Waals surface area contributed by atoms with Gasteiger partial charge in [-0.3, -0.25) is 10.1 Å². The summed E-state index contributed by atoms with van der Waals surface area (Å²) < 4.78 is 10.7. The zero-order valence-corrected chi connectivity index (χ0v) is 13.6. The fraction of sp³-hybridized carbons (Fsp3) is 0.933. The summed E-state index contributed by atoms with van der Waals surface area (Å²) in [6.45, 7) is 5.08. The molecule has 0 amide bonds. The Hall–Kier alpha value is -0.260. The SMILES string of the molecule is COC(=O)C1(NC(C)C)CCC(SCC2CCCO2)C1. The van der Waals surface area contributed by atoms with Crippen molar-refractivity contribution in [1.82, 2.24) is 5.32 Å². The summed E-state index contributed by atoms with van der Waals surface area (Å²) in [4.78, 5) is 12.2. The molecule has 1 heterocycles. The van der Waals surface area contributed by atoms with Gasteiger partial charge in [0, 0.05) is 23.7 Å². The molecule has 1 saturated heterocycles. The summed E-state index contributed by atoms with van der Waals surface area (Å²) in [7, 11) is 1.49. The summed E-state index contributed by atoms with van der Waals surface area (Å²) >= 11 is 1.97. The molecule has 0 aromatic heterocycles. The van der Waals surface area contributed by atoms with E-state index < -0.39 is 5.54 Å². The van der Waals surface area contributed by atoms with Crippen LogP contribution in [0.25, 0.3) is 0 Å². The van der Waals surface area contributed by atoms with Crippen molar-refractivity contribution in [3.8, 4) is 0 Å². The first-order valence-electron chi connectivity index (χ1n) is 7.65. The minimum atomic E-state index is -0.475. The number of nitrogens with one attached hydrogen (secondary N) is 1. The fourth-order valence-corrected chi connectivity index (χ4v) is 4.72. The highest BCUT2D eigenvalue weighted by Gasteiger charge is 2.46. The van der Waals surface area contributed by atoms with Crippen LogP contribution in [-0.2, 0) is 14.3 Å². The number of ether oxygens (including phenoxy) is 2. The van der Waals surface area contributed by atoms with Crippen molar-refractivity contribution in [1.29, 1.82) is 0 Å². The molecule has 0 radical (unpaired) electrons. The summed E-state index contributed by atoms with van der Waals surface area (Å²) in [6, 6.07) is 0.288. The molecule has 0 bridgehead atoms. The second kappa shape index (κ2) is 7.14. The van der Waals surface area contributed by atoms with Gasteiger partial charge in [-0.05, 0) is 46.0 Å². The van der Waals surface area contributed by atoms with Crippen molar-refractivity contribution in [3.05, 3.63) is 0 Å². The van der Waals surface area contributed by atoms with Gasteiger partial charge in [-0.1, -0.05) is 0 Å². The lowest BCUT2D eigenvalue weighted by Gasteiger charge is -2.30. The third-order valence-electron chi connectivity index (χ3n) is 4.15. The minimum absolute atomic E-state index is 0.105. The Kier molecular flexibility index (Phi) is 5.75. The van der Waals surface area contributed by atoms with Crippen LogP contribution < -0.4 is 5.32 Å². The third kappa shape index (κ3) is 3.89. The van der Waals surface area contributed by atoms with E-state index in [-0.39, 0.29) is 12.0 Å². The Bertz CT molecular complexity index is 331. The number of hydrogen-bond acceptors (Lipinski definition) is 5. The van der Waals surface area contributed by atoms with Gasteiger partial charge in [0.1, 0.15) is 5.54 Å². The first kappa shape index (κ1) is 16.1. The minimum Gasteiger partial charge on any atom is -0.468 e. The second-order valence-electron chi connectivity index (χ2n) is 6.21. The van der Waals surface area contributed by atoms with E-state index in [0.29, 0.717) is 11.4 Å². The predicted molar refractivity (Wildman–Crippen MR) is 82.1 cm³/mol. The van der Waals surface area contributed by atoms with Crippen LogP contribution in [0.1, 0.15) is 46.0 Å². The Morgan fingerprint density at radius 2 is 2.30 bits per heavy atom. The average Bonchev–Trinajstić information content (AvgIpc) is 3.05. The van der Waals surface area contributed by atoms with E-state index in [1.165, 1.54) is 20.0 Å². The molecule has 1 saturated carbocycles. The van der Waals surface area contributed by atoms with Gasteiger partial charge in [0.25, 0.3) is 0 Å². The zero-order chi connectivity index (χ0) is 14.6. The Morgan fingerprint density at radius 3 is 2.90 bits per heavy atom. The molecule has 2 aliphatic rings. The Labute approximate surface area is 126 Å². The normalized spacial score (nSPS) is 33.8. The average molecular weight is 301 g/mol. The molecule has 3 atom stereocenters. The van der Waals surface area contributed by atoms with E-state index in [1.54, 1.807) is 0 Å². The van der Waals surface area contributed by atoms with Crippen LogP contribution in [0.2, 0.25) is 0 Å². The van der Waals surface area contributed by atoms with E-state index in [9.17, 15) is 4.79 Å². The van der Waals surface area contributed by atoms with Gasteiger partial charge < -0.3 is 9.47 Å². The van der Waals surface area contributed by atoms with Gasteiger partial charge >= 0.3 is 5.97 Å². The molecule has 0 aromatic rings. The van der Waals surface area contributed by atoms with Crippen molar-refractivity contribution in [2.24, 2.45) is 0 Å². The molecule has 1 aliphatic carbocycles. The number of thioether (sulfide) groups is 1. The van der Waals surface area contributed by atoms with Crippen LogP contribution in [0.4, 0.5) is 0 Å². The monoisotopic (exact) mass is 301 g/mol. The summed E-state index contributed by atoms with van der Waals surface area (Å²) in [5.74, 6) is 0.954. The maximum Gasteiger partial charge on any atom is 0.326 e. The quantitative estimate of drug-likeness (QED) is 0.763. The number of carbonyl (C=O) groups is 1. The van der Waals surface area contributed by atoms with Crippen LogP contribution in [-0.4, -0.2) is 48.4 Å². The maximum atomic E-state index is 12.2. The van der Waals surface area contributed by atoms with Gasteiger partial charge in [0.15, 0.2) is 0 Å². The first-order chi connectivity index (χ1) is 9.55. The highest BCUT2D eigenvalue weighted by molar-refractivity contribution is 7.99. The Balaban J connectivity index is 1.87. The van der Waals surface area contributed by atoms with Crippen LogP contribution in [0.15, 0.2) is 0 Å². The third-order valence-corrected chi connectivity index (χ3v) is 5.59. The zero-order valence-electron chi connectivity index (χ0n) is 12.8. The van der Waals surface area contributed by atoms with Crippen molar-refractivity contribution in [3.63, 3.8) is 0 Å². The Morgan fingerprint density at radius 1 is 1.50 bits per heavy atom. The summed E-state index contributed by atoms with van der Waals surface area (Å²) in [6.07, 6.45) is 5.62. The number of methoxy groups -OCH3 is 1. The molecular weight excluding hydrogens is 274 g/mol. The van der Waals surface area contributed by atoms with E-state index in [2.05, 4.69) is 19.2 Å². The topological polar surface area (TPSA) is 47.6 Å². The van der Waals surface area contributed by atoms with Crippen LogP contribution >= 0.6 is 11.8 Å². The predicted octanol–water partition coefficient (Wildman–Crippen LogP) is 2.36. The largest absolute Gasteiger partial charge is 0.468 e.